The van der Waals surface area contributed by atoms with Crippen molar-refractivity contribution in [3.8, 4) is 0 Å². The highest BCUT2D eigenvalue weighted by Crippen LogP contribution is 2.13. The molecule has 1 aromatic carbocycles. The van der Waals surface area contributed by atoms with Crippen LogP contribution in [-0.4, -0.2) is 18.5 Å². The van der Waals surface area contributed by atoms with Gasteiger partial charge in [-0.2, -0.15) is 0 Å². The standard InChI is InChI=1S/C19H21NO4/c1-3-15-6-8-16(9-7-15)14(2)20-18(21)13-24-19(22)11-10-17-5-4-12-23-17/h4-12,14H,3,13H2,1-2H3,(H,20,21)/b11-10+/t14-/m0/s1. The second-order valence-corrected chi connectivity index (χ2v) is 5.34. The number of aryl methyl sites for hydroxylation is 1. The zero-order valence-corrected chi connectivity index (χ0v) is 13.8. The first kappa shape index (κ1) is 17.5. The number of carbonyl (C=O) groups excluding carboxylic acids is 2. The molecule has 1 N–H and O–H groups in total. The maximum absolute atomic E-state index is 11.9. The minimum atomic E-state index is -0.596. The van der Waals surface area contributed by atoms with Crippen LogP contribution >= 0.6 is 0 Å². The first-order valence-electron chi connectivity index (χ1n) is 7.85. The van der Waals surface area contributed by atoms with Crippen molar-refractivity contribution in [2.45, 2.75) is 26.3 Å². The van der Waals surface area contributed by atoms with Gasteiger partial charge in [0.05, 0.1) is 12.3 Å². The molecule has 24 heavy (non-hydrogen) atoms. The molecule has 0 radical (unpaired) electrons. The van der Waals surface area contributed by atoms with Gasteiger partial charge >= 0.3 is 5.97 Å². The van der Waals surface area contributed by atoms with Gasteiger partial charge < -0.3 is 14.5 Å². The van der Waals surface area contributed by atoms with E-state index in [4.69, 9.17) is 9.15 Å². The average molecular weight is 327 g/mol. The van der Waals surface area contributed by atoms with Crippen molar-refractivity contribution in [1.29, 1.82) is 0 Å². The van der Waals surface area contributed by atoms with Gasteiger partial charge in [0, 0.05) is 6.08 Å². The van der Waals surface area contributed by atoms with Crippen LogP contribution in [0.2, 0.25) is 0 Å². The highest BCUT2D eigenvalue weighted by atomic mass is 16.5. The van der Waals surface area contributed by atoms with Gasteiger partial charge in [0.25, 0.3) is 5.91 Å². The van der Waals surface area contributed by atoms with Gasteiger partial charge in [-0.25, -0.2) is 4.79 Å². The van der Waals surface area contributed by atoms with E-state index in [1.54, 1.807) is 12.1 Å². The smallest absolute Gasteiger partial charge is 0.331 e. The van der Waals surface area contributed by atoms with Crippen LogP contribution in [0.25, 0.3) is 6.08 Å². The van der Waals surface area contributed by atoms with E-state index in [2.05, 4.69) is 12.2 Å². The van der Waals surface area contributed by atoms with E-state index in [1.807, 2.05) is 31.2 Å². The minimum absolute atomic E-state index is 0.152. The van der Waals surface area contributed by atoms with Crippen molar-refractivity contribution in [3.05, 3.63) is 65.6 Å². The van der Waals surface area contributed by atoms with Crippen LogP contribution in [0.1, 0.15) is 36.8 Å². The molecule has 0 aliphatic rings. The van der Waals surface area contributed by atoms with Crippen LogP contribution in [0.3, 0.4) is 0 Å². The van der Waals surface area contributed by atoms with Gasteiger partial charge in [0.1, 0.15) is 5.76 Å². The normalized spacial score (nSPS) is 12.1. The van der Waals surface area contributed by atoms with Gasteiger partial charge in [-0.15, -0.1) is 0 Å². The van der Waals surface area contributed by atoms with Crippen LogP contribution in [0.4, 0.5) is 0 Å². The number of rotatable bonds is 7. The molecule has 2 rings (SSSR count). The molecule has 0 fully saturated rings. The highest BCUT2D eigenvalue weighted by Gasteiger charge is 2.11. The molecule has 1 aromatic heterocycles. The van der Waals surface area contributed by atoms with E-state index in [9.17, 15) is 9.59 Å². The number of carbonyl (C=O) groups is 2. The quantitative estimate of drug-likeness (QED) is 0.626. The van der Waals surface area contributed by atoms with Crippen molar-refractivity contribution >= 4 is 18.0 Å². The summed E-state index contributed by atoms with van der Waals surface area (Å²) in [5.74, 6) is -0.399. The second kappa shape index (κ2) is 8.72. The van der Waals surface area contributed by atoms with Crippen molar-refractivity contribution in [2.24, 2.45) is 0 Å². The molecule has 0 bridgehead atoms. The van der Waals surface area contributed by atoms with Crippen LogP contribution in [0.5, 0.6) is 0 Å². The summed E-state index contributed by atoms with van der Waals surface area (Å²) >= 11 is 0. The monoisotopic (exact) mass is 327 g/mol. The van der Waals surface area contributed by atoms with E-state index in [-0.39, 0.29) is 18.6 Å². The maximum atomic E-state index is 11.9. The number of amides is 1. The highest BCUT2D eigenvalue weighted by molar-refractivity contribution is 5.89. The summed E-state index contributed by atoms with van der Waals surface area (Å²) in [6, 6.07) is 11.3. The predicted molar refractivity (Wildman–Crippen MR) is 91.1 cm³/mol. The van der Waals surface area contributed by atoms with E-state index < -0.39 is 5.97 Å². The lowest BCUT2D eigenvalue weighted by molar-refractivity contribution is -0.144. The number of furan rings is 1. The maximum Gasteiger partial charge on any atom is 0.331 e. The van der Waals surface area contributed by atoms with E-state index in [0.29, 0.717) is 5.76 Å². The third-order valence-corrected chi connectivity index (χ3v) is 3.54. The van der Waals surface area contributed by atoms with Crippen LogP contribution in [-0.2, 0) is 20.7 Å². The number of ether oxygens (including phenoxy) is 1. The zero-order chi connectivity index (χ0) is 17.4. The molecule has 0 unspecified atom stereocenters. The Hall–Kier alpha value is -2.82. The minimum Gasteiger partial charge on any atom is -0.465 e. The summed E-state index contributed by atoms with van der Waals surface area (Å²) in [5.41, 5.74) is 2.25. The van der Waals surface area contributed by atoms with Crippen molar-refractivity contribution in [3.63, 3.8) is 0 Å². The number of esters is 1. The molecule has 0 saturated carbocycles. The molecule has 1 amide bonds. The molecular formula is C19H21NO4. The van der Waals surface area contributed by atoms with Crippen LogP contribution in [0, 0.1) is 0 Å². The lowest BCUT2D eigenvalue weighted by atomic mass is 10.1. The number of hydrogen-bond acceptors (Lipinski definition) is 4. The molecule has 5 nitrogen and oxygen atoms in total. The van der Waals surface area contributed by atoms with Crippen molar-refractivity contribution in [2.75, 3.05) is 6.61 Å². The first-order chi connectivity index (χ1) is 11.6. The third kappa shape index (κ3) is 5.43. The van der Waals surface area contributed by atoms with E-state index in [1.165, 1.54) is 24.0 Å². The molecule has 1 atom stereocenters. The Morgan fingerprint density at radius 3 is 2.62 bits per heavy atom. The molecule has 5 heteroatoms. The Kier molecular flexibility index (Phi) is 6.37. The van der Waals surface area contributed by atoms with Gasteiger partial charge in [0.2, 0.25) is 0 Å². The SMILES string of the molecule is CCc1ccc([C@H](C)NC(=O)COC(=O)/C=C/c2ccco2)cc1. The Bertz CT molecular complexity index is 687. The third-order valence-electron chi connectivity index (χ3n) is 3.54. The largest absolute Gasteiger partial charge is 0.465 e. The van der Waals surface area contributed by atoms with Gasteiger partial charge in [-0.05, 0) is 42.7 Å². The summed E-state index contributed by atoms with van der Waals surface area (Å²) in [7, 11) is 0. The fourth-order valence-corrected chi connectivity index (χ4v) is 2.13. The molecule has 1 heterocycles. The zero-order valence-electron chi connectivity index (χ0n) is 13.8. The number of benzene rings is 1. The average Bonchev–Trinajstić information content (AvgIpc) is 3.11. The predicted octanol–water partition coefficient (Wildman–Crippen LogP) is 3.28. The first-order valence-corrected chi connectivity index (χ1v) is 7.85. The van der Waals surface area contributed by atoms with Gasteiger partial charge in [0.15, 0.2) is 6.61 Å². The lowest BCUT2D eigenvalue weighted by Crippen LogP contribution is -2.30. The number of nitrogens with one attached hydrogen (secondary N) is 1. The molecule has 0 spiro atoms. The van der Waals surface area contributed by atoms with Crippen molar-refractivity contribution < 1.29 is 18.7 Å². The molecule has 126 valence electrons. The van der Waals surface area contributed by atoms with E-state index in [0.717, 1.165) is 12.0 Å². The van der Waals surface area contributed by atoms with E-state index >= 15 is 0 Å². The summed E-state index contributed by atoms with van der Waals surface area (Å²) in [4.78, 5) is 23.4. The second-order valence-electron chi connectivity index (χ2n) is 5.34. The summed E-state index contributed by atoms with van der Waals surface area (Å²) in [6.07, 6.45) is 5.19. The molecule has 0 aliphatic carbocycles. The fraction of sp³-hybridized carbons (Fsp3) is 0.263. The summed E-state index contributed by atoms with van der Waals surface area (Å²) in [6.45, 7) is 3.66. The molecule has 2 aromatic rings. The lowest BCUT2D eigenvalue weighted by Gasteiger charge is -2.14. The summed E-state index contributed by atoms with van der Waals surface area (Å²) < 4.78 is 9.95. The molecule has 0 aliphatic heterocycles. The topological polar surface area (TPSA) is 68.5 Å². The number of hydrogen-bond donors (Lipinski definition) is 1. The Morgan fingerprint density at radius 2 is 2.00 bits per heavy atom. The summed E-state index contributed by atoms with van der Waals surface area (Å²) in [5, 5.41) is 2.80. The van der Waals surface area contributed by atoms with Crippen LogP contribution < -0.4 is 5.32 Å². The van der Waals surface area contributed by atoms with Crippen molar-refractivity contribution in [1.82, 2.24) is 5.32 Å². The Balaban J connectivity index is 1.76. The van der Waals surface area contributed by atoms with Gasteiger partial charge in [-0.1, -0.05) is 31.2 Å². The Morgan fingerprint density at radius 1 is 1.25 bits per heavy atom. The molecular weight excluding hydrogens is 306 g/mol. The van der Waals surface area contributed by atoms with Crippen LogP contribution in [0.15, 0.2) is 53.2 Å². The Labute approximate surface area is 141 Å². The fourth-order valence-electron chi connectivity index (χ4n) is 2.13. The molecule has 0 saturated heterocycles. The van der Waals surface area contributed by atoms with Gasteiger partial charge in [-0.3, -0.25) is 4.79 Å².